The number of nitrogen functional groups attached to an aromatic ring is 1. The van der Waals surface area contributed by atoms with Gasteiger partial charge in [0, 0.05) is 15.7 Å². The van der Waals surface area contributed by atoms with E-state index in [2.05, 4.69) is 26.2 Å². The number of nitrogens with zero attached hydrogens (tertiary/aromatic N) is 1. The molecule has 0 atom stereocenters. The molecule has 4 nitrogen and oxygen atoms in total. The lowest BCUT2D eigenvalue weighted by atomic mass is 10.2. The van der Waals surface area contributed by atoms with Crippen LogP contribution >= 0.6 is 39.0 Å². The van der Waals surface area contributed by atoms with E-state index in [-0.39, 0.29) is 11.7 Å². The Hall–Kier alpha value is -1.83. The van der Waals surface area contributed by atoms with E-state index in [1.807, 2.05) is 54.6 Å². The summed E-state index contributed by atoms with van der Waals surface area (Å²) in [5, 5.41) is 3.52. The van der Waals surface area contributed by atoms with Gasteiger partial charge in [-0.25, -0.2) is 4.98 Å². The number of hydrogen-bond acceptors (Lipinski definition) is 5. The molecule has 3 aromatic rings. The van der Waals surface area contributed by atoms with Gasteiger partial charge in [0.1, 0.15) is 10.7 Å². The fourth-order valence-electron chi connectivity index (χ4n) is 2.03. The predicted molar refractivity (Wildman–Crippen MR) is 105 cm³/mol. The summed E-state index contributed by atoms with van der Waals surface area (Å²) in [6.45, 7) is 0. The minimum atomic E-state index is -0.0719. The van der Waals surface area contributed by atoms with Crippen molar-refractivity contribution in [2.75, 3.05) is 16.8 Å². The highest BCUT2D eigenvalue weighted by atomic mass is 79.9. The maximum atomic E-state index is 12.0. The number of hydrogen-bond donors (Lipinski definition) is 2. The highest BCUT2D eigenvalue weighted by Crippen LogP contribution is 2.35. The molecule has 2 aromatic carbocycles. The molecule has 3 N–H and O–H groups in total. The zero-order chi connectivity index (χ0) is 16.9. The molecule has 0 spiro atoms. The molecule has 3 rings (SSSR count). The molecule has 0 saturated heterocycles. The van der Waals surface area contributed by atoms with Crippen molar-refractivity contribution in [3.05, 3.63) is 59.1 Å². The standard InChI is InChI=1S/C17H14BrN3OS2/c18-12-6-8-13(9-7-12)20-14(22)10-23-17-21-15(16(19)24-17)11-4-2-1-3-5-11/h1-9H,10,19H2,(H,20,22). The summed E-state index contributed by atoms with van der Waals surface area (Å²) in [6.07, 6.45) is 0. The first kappa shape index (κ1) is 17.0. The Morgan fingerprint density at radius 1 is 1.17 bits per heavy atom. The second-order valence-corrected chi connectivity index (χ2v) is 8.07. The van der Waals surface area contributed by atoms with Crippen LogP contribution in [0.2, 0.25) is 0 Å². The van der Waals surface area contributed by atoms with E-state index in [1.165, 1.54) is 23.1 Å². The van der Waals surface area contributed by atoms with Crippen molar-refractivity contribution < 1.29 is 4.79 Å². The number of nitrogens with one attached hydrogen (secondary N) is 1. The molecule has 1 aromatic heterocycles. The second kappa shape index (κ2) is 7.83. The van der Waals surface area contributed by atoms with Crippen molar-refractivity contribution >= 4 is 55.6 Å². The molecule has 122 valence electrons. The highest BCUT2D eigenvalue weighted by molar-refractivity contribution is 9.10. The summed E-state index contributed by atoms with van der Waals surface area (Å²) in [4.78, 5) is 16.6. The van der Waals surface area contributed by atoms with E-state index in [9.17, 15) is 4.79 Å². The zero-order valence-corrected chi connectivity index (χ0v) is 15.7. The van der Waals surface area contributed by atoms with Crippen molar-refractivity contribution in [2.45, 2.75) is 4.34 Å². The van der Waals surface area contributed by atoms with Gasteiger partial charge < -0.3 is 11.1 Å². The summed E-state index contributed by atoms with van der Waals surface area (Å²) in [6, 6.07) is 17.3. The maximum absolute atomic E-state index is 12.0. The lowest BCUT2D eigenvalue weighted by Crippen LogP contribution is -2.13. The van der Waals surface area contributed by atoms with Crippen LogP contribution in [0.25, 0.3) is 11.3 Å². The molecule has 0 aliphatic heterocycles. The Kier molecular flexibility index (Phi) is 5.55. The number of carbonyl (C=O) groups is 1. The molecule has 1 amide bonds. The quantitative estimate of drug-likeness (QED) is 0.577. The molecule has 24 heavy (non-hydrogen) atoms. The van der Waals surface area contributed by atoms with Gasteiger partial charge in [-0.2, -0.15) is 0 Å². The van der Waals surface area contributed by atoms with E-state index >= 15 is 0 Å². The highest BCUT2D eigenvalue weighted by Gasteiger charge is 2.12. The Bertz CT molecular complexity index is 835. The third kappa shape index (κ3) is 4.37. The average molecular weight is 420 g/mol. The average Bonchev–Trinajstić information content (AvgIpc) is 2.97. The number of halogens is 1. The monoisotopic (exact) mass is 419 g/mol. The van der Waals surface area contributed by atoms with E-state index < -0.39 is 0 Å². The molecule has 0 fully saturated rings. The number of benzene rings is 2. The number of thioether (sulfide) groups is 1. The number of amides is 1. The number of rotatable bonds is 5. The summed E-state index contributed by atoms with van der Waals surface area (Å²) in [7, 11) is 0. The lowest BCUT2D eigenvalue weighted by Gasteiger charge is -2.04. The van der Waals surface area contributed by atoms with Gasteiger partial charge in [-0.3, -0.25) is 4.79 Å². The van der Waals surface area contributed by atoms with Crippen LogP contribution < -0.4 is 11.1 Å². The molecule has 0 saturated carbocycles. The molecule has 0 unspecified atom stereocenters. The maximum Gasteiger partial charge on any atom is 0.234 e. The van der Waals surface area contributed by atoms with E-state index in [0.717, 1.165) is 25.8 Å². The van der Waals surface area contributed by atoms with Crippen molar-refractivity contribution in [3.63, 3.8) is 0 Å². The molecule has 0 aliphatic rings. The zero-order valence-electron chi connectivity index (χ0n) is 12.5. The largest absolute Gasteiger partial charge is 0.389 e. The number of aromatic nitrogens is 1. The third-order valence-corrected chi connectivity index (χ3v) is 5.69. The SMILES string of the molecule is Nc1sc(SCC(=O)Nc2ccc(Br)cc2)nc1-c1ccccc1. The van der Waals surface area contributed by atoms with E-state index in [1.54, 1.807) is 0 Å². The number of thiazole rings is 1. The van der Waals surface area contributed by atoms with Crippen LogP contribution in [0.5, 0.6) is 0 Å². The molecule has 1 heterocycles. The predicted octanol–water partition coefficient (Wildman–Crippen LogP) is 4.89. The molecule has 0 bridgehead atoms. The smallest absolute Gasteiger partial charge is 0.234 e. The van der Waals surface area contributed by atoms with Crippen LogP contribution in [-0.2, 0) is 4.79 Å². The lowest BCUT2D eigenvalue weighted by molar-refractivity contribution is -0.113. The van der Waals surface area contributed by atoms with Gasteiger partial charge in [-0.15, -0.1) is 0 Å². The number of carbonyl (C=O) groups excluding carboxylic acids is 1. The van der Waals surface area contributed by atoms with Crippen LogP contribution in [0.15, 0.2) is 63.4 Å². The minimum Gasteiger partial charge on any atom is -0.389 e. The Balaban J connectivity index is 1.61. The second-order valence-electron chi connectivity index (χ2n) is 4.90. The van der Waals surface area contributed by atoms with Gasteiger partial charge in [0.2, 0.25) is 5.91 Å². The van der Waals surface area contributed by atoms with Gasteiger partial charge >= 0.3 is 0 Å². The van der Waals surface area contributed by atoms with E-state index in [4.69, 9.17) is 5.73 Å². The fourth-order valence-corrected chi connectivity index (χ4v) is 4.05. The van der Waals surface area contributed by atoms with Gasteiger partial charge in [0.05, 0.1) is 5.75 Å². The van der Waals surface area contributed by atoms with E-state index in [0.29, 0.717) is 5.00 Å². The molecular weight excluding hydrogens is 406 g/mol. The van der Waals surface area contributed by atoms with Gasteiger partial charge in [-0.05, 0) is 24.3 Å². The first-order valence-corrected chi connectivity index (χ1v) is 9.71. The Morgan fingerprint density at radius 3 is 2.58 bits per heavy atom. The van der Waals surface area contributed by atoms with Crippen LogP contribution in [-0.4, -0.2) is 16.6 Å². The Labute approximate surface area is 156 Å². The van der Waals surface area contributed by atoms with Crippen molar-refractivity contribution in [1.82, 2.24) is 4.98 Å². The summed E-state index contributed by atoms with van der Waals surface area (Å²) in [5.41, 5.74) is 8.58. The summed E-state index contributed by atoms with van der Waals surface area (Å²) in [5.74, 6) is 0.217. The Morgan fingerprint density at radius 2 is 1.88 bits per heavy atom. The number of nitrogens with two attached hydrogens (primary N) is 1. The third-order valence-electron chi connectivity index (χ3n) is 3.14. The van der Waals surface area contributed by atoms with Gasteiger partial charge in [0.15, 0.2) is 4.34 Å². The first-order chi connectivity index (χ1) is 11.6. The molecule has 0 aliphatic carbocycles. The van der Waals surface area contributed by atoms with Crippen molar-refractivity contribution in [1.29, 1.82) is 0 Å². The fraction of sp³-hybridized carbons (Fsp3) is 0.0588. The summed E-state index contributed by atoms with van der Waals surface area (Å²) >= 11 is 6.16. The van der Waals surface area contributed by atoms with Crippen LogP contribution in [0.1, 0.15) is 0 Å². The molecular formula is C17H14BrN3OS2. The van der Waals surface area contributed by atoms with Crippen LogP contribution in [0.4, 0.5) is 10.7 Å². The summed E-state index contributed by atoms with van der Waals surface area (Å²) < 4.78 is 1.76. The topological polar surface area (TPSA) is 68.0 Å². The van der Waals surface area contributed by atoms with Crippen molar-refractivity contribution in [3.8, 4) is 11.3 Å². The molecule has 7 heteroatoms. The van der Waals surface area contributed by atoms with Gasteiger partial charge in [0.25, 0.3) is 0 Å². The van der Waals surface area contributed by atoms with Gasteiger partial charge in [-0.1, -0.05) is 69.4 Å². The number of anilines is 2. The van der Waals surface area contributed by atoms with Crippen LogP contribution in [0, 0.1) is 0 Å². The van der Waals surface area contributed by atoms with Crippen molar-refractivity contribution in [2.24, 2.45) is 0 Å². The molecule has 0 radical (unpaired) electrons. The van der Waals surface area contributed by atoms with Crippen LogP contribution in [0.3, 0.4) is 0 Å². The minimum absolute atomic E-state index is 0.0719. The first-order valence-electron chi connectivity index (χ1n) is 7.12. The normalized spacial score (nSPS) is 10.5.